The van der Waals surface area contributed by atoms with E-state index < -0.39 is 6.43 Å². The lowest BCUT2D eigenvalue weighted by Gasteiger charge is -2.10. The number of nitrogens with one attached hydrogen (secondary N) is 1. The first-order valence-corrected chi connectivity index (χ1v) is 5.80. The zero-order valence-corrected chi connectivity index (χ0v) is 10.4. The van der Waals surface area contributed by atoms with Crippen molar-refractivity contribution in [1.29, 1.82) is 0 Å². The third-order valence-electron chi connectivity index (χ3n) is 2.65. The Morgan fingerprint density at radius 1 is 1.26 bits per heavy atom. The van der Waals surface area contributed by atoms with E-state index in [0.29, 0.717) is 12.4 Å². The number of anilines is 1. The number of pyridine rings is 1. The number of hydrogen-bond acceptors (Lipinski definition) is 3. The van der Waals surface area contributed by atoms with Gasteiger partial charge in [-0.05, 0) is 23.8 Å². The largest absolute Gasteiger partial charge is 0.480 e. The van der Waals surface area contributed by atoms with Crippen molar-refractivity contribution in [1.82, 2.24) is 4.98 Å². The molecular weight excluding hydrogens is 250 g/mol. The molecule has 0 aliphatic rings. The second-order valence-corrected chi connectivity index (χ2v) is 3.96. The van der Waals surface area contributed by atoms with Gasteiger partial charge >= 0.3 is 0 Å². The number of benzene rings is 1. The molecule has 0 spiro atoms. The molecule has 5 heteroatoms. The molecule has 1 aromatic heterocycles. The minimum Gasteiger partial charge on any atom is -0.480 e. The molecular formula is C14H14F2N2O. The average Bonchev–Trinajstić information content (AvgIpc) is 2.45. The van der Waals surface area contributed by atoms with Crippen LogP contribution in [-0.2, 0) is 6.54 Å². The van der Waals surface area contributed by atoms with Gasteiger partial charge in [-0.1, -0.05) is 18.2 Å². The molecule has 0 aliphatic heterocycles. The number of ether oxygens (including phenoxy) is 1. The highest BCUT2D eigenvalue weighted by molar-refractivity contribution is 5.52. The van der Waals surface area contributed by atoms with Crippen molar-refractivity contribution >= 4 is 5.69 Å². The maximum absolute atomic E-state index is 12.6. The molecule has 0 atom stereocenters. The fourth-order valence-corrected chi connectivity index (χ4v) is 1.72. The number of alkyl halides is 2. The van der Waals surface area contributed by atoms with Gasteiger partial charge in [0.25, 0.3) is 6.43 Å². The first-order chi connectivity index (χ1) is 9.20. The Morgan fingerprint density at radius 3 is 2.84 bits per heavy atom. The molecule has 2 rings (SSSR count). The van der Waals surface area contributed by atoms with Crippen LogP contribution in [-0.4, -0.2) is 12.1 Å². The molecule has 19 heavy (non-hydrogen) atoms. The van der Waals surface area contributed by atoms with Crippen LogP contribution in [0.3, 0.4) is 0 Å². The highest BCUT2D eigenvalue weighted by atomic mass is 19.3. The lowest BCUT2D eigenvalue weighted by molar-refractivity contribution is 0.151. The minimum absolute atomic E-state index is 0.0254. The summed E-state index contributed by atoms with van der Waals surface area (Å²) in [5.41, 5.74) is 1.54. The van der Waals surface area contributed by atoms with Gasteiger partial charge in [-0.2, -0.15) is 0 Å². The van der Waals surface area contributed by atoms with Gasteiger partial charge in [-0.15, -0.1) is 0 Å². The lowest BCUT2D eigenvalue weighted by Crippen LogP contribution is -2.02. The van der Waals surface area contributed by atoms with Crippen molar-refractivity contribution in [3.63, 3.8) is 0 Å². The van der Waals surface area contributed by atoms with E-state index in [1.54, 1.807) is 24.4 Å². The van der Waals surface area contributed by atoms with E-state index in [1.165, 1.54) is 19.2 Å². The summed E-state index contributed by atoms with van der Waals surface area (Å²) >= 11 is 0. The number of aromatic nitrogens is 1. The number of hydrogen-bond donors (Lipinski definition) is 1. The topological polar surface area (TPSA) is 34.1 Å². The highest BCUT2D eigenvalue weighted by Gasteiger charge is 2.07. The predicted octanol–water partition coefficient (Wildman–Crippen LogP) is 3.64. The second kappa shape index (κ2) is 6.13. The Bertz CT molecular complexity index is 546. The molecule has 0 bridgehead atoms. The van der Waals surface area contributed by atoms with Crippen LogP contribution >= 0.6 is 0 Å². The summed E-state index contributed by atoms with van der Waals surface area (Å²) in [7, 11) is 1.53. The smallest absolute Gasteiger partial charge is 0.263 e. The molecule has 0 saturated carbocycles. The normalized spacial score (nSPS) is 10.5. The van der Waals surface area contributed by atoms with Crippen molar-refractivity contribution < 1.29 is 13.5 Å². The maximum Gasteiger partial charge on any atom is 0.263 e. The molecule has 1 N–H and O–H groups in total. The molecule has 0 unspecified atom stereocenters. The fraction of sp³-hybridized carbons (Fsp3) is 0.214. The van der Waals surface area contributed by atoms with Crippen LogP contribution in [0.4, 0.5) is 14.5 Å². The monoisotopic (exact) mass is 264 g/mol. The van der Waals surface area contributed by atoms with Crippen molar-refractivity contribution in [3.8, 4) is 5.88 Å². The van der Waals surface area contributed by atoms with E-state index in [1.807, 2.05) is 6.07 Å². The number of halogens is 2. The van der Waals surface area contributed by atoms with Gasteiger partial charge in [0.1, 0.15) is 0 Å². The van der Waals surface area contributed by atoms with E-state index >= 15 is 0 Å². The third kappa shape index (κ3) is 3.40. The molecule has 2 aromatic rings. The van der Waals surface area contributed by atoms with Crippen LogP contribution in [0.5, 0.6) is 5.88 Å². The van der Waals surface area contributed by atoms with Crippen LogP contribution < -0.4 is 10.1 Å². The van der Waals surface area contributed by atoms with Gasteiger partial charge in [0.05, 0.1) is 12.8 Å². The first-order valence-electron chi connectivity index (χ1n) is 5.80. The van der Waals surface area contributed by atoms with E-state index in [0.717, 1.165) is 11.3 Å². The zero-order chi connectivity index (χ0) is 13.7. The molecule has 0 saturated heterocycles. The Kier molecular flexibility index (Phi) is 4.28. The first kappa shape index (κ1) is 13.3. The number of methoxy groups -OCH3 is 1. The summed E-state index contributed by atoms with van der Waals surface area (Å²) in [6.45, 7) is 0.433. The van der Waals surface area contributed by atoms with Crippen molar-refractivity contribution in [2.24, 2.45) is 0 Å². The van der Waals surface area contributed by atoms with Crippen LogP contribution in [0.25, 0.3) is 0 Å². The molecule has 0 amide bonds. The summed E-state index contributed by atoms with van der Waals surface area (Å²) in [5, 5.41) is 3.11. The number of nitrogens with zero attached hydrogens (tertiary/aromatic N) is 1. The van der Waals surface area contributed by atoms with Crippen LogP contribution in [0.1, 0.15) is 17.6 Å². The van der Waals surface area contributed by atoms with Crippen molar-refractivity contribution in [2.45, 2.75) is 13.0 Å². The lowest BCUT2D eigenvalue weighted by atomic mass is 10.1. The third-order valence-corrected chi connectivity index (χ3v) is 2.65. The van der Waals surface area contributed by atoms with E-state index in [-0.39, 0.29) is 5.56 Å². The summed E-state index contributed by atoms with van der Waals surface area (Å²) < 4.78 is 30.3. The minimum atomic E-state index is -2.45. The Morgan fingerprint density at radius 2 is 2.11 bits per heavy atom. The summed E-state index contributed by atoms with van der Waals surface area (Å²) in [5.74, 6) is 0.479. The van der Waals surface area contributed by atoms with Crippen LogP contribution in [0, 0.1) is 0 Å². The van der Waals surface area contributed by atoms with Gasteiger partial charge < -0.3 is 10.1 Å². The molecule has 1 heterocycles. The molecule has 0 radical (unpaired) electrons. The van der Waals surface area contributed by atoms with Crippen molar-refractivity contribution in [2.75, 3.05) is 12.4 Å². The molecule has 100 valence electrons. The van der Waals surface area contributed by atoms with Crippen LogP contribution in [0.15, 0.2) is 42.6 Å². The Hall–Kier alpha value is -2.17. The SMILES string of the molecule is COc1ncccc1NCc1cccc(C(F)F)c1. The Labute approximate surface area is 110 Å². The van der Waals surface area contributed by atoms with Gasteiger partial charge in [0, 0.05) is 18.3 Å². The summed E-state index contributed by atoms with van der Waals surface area (Å²) in [6.07, 6.45) is -0.825. The van der Waals surface area contributed by atoms with E-state index in [4.69, 9.17) is 4.74 Å². The van der Waals surface area contributed by atoms with Gasteiger partial charge in [0.15, 0.2) is 0 Å². The summed E-state index contributed by atoms with van der Waals surface area (Å²) in [6, 6.07) is 9.92. The van der Waals surface area contributed by atoms with Gasteiger partial charge in [0.2, 0.25) is 5.88 Å². The summed E-state index contributed by atoms with van der Waals surface area (Å²) in [4.78, 5) is 4.05. The van der Waals surface area contributed by atoms with E-state index in [9.17, 15) is 8.78 Å². The number of rotatable bonds is 5. The average molecular weight is 264 g/mol. The van der Waals surface area contributed by atoms with Gasteiger partial charge in [-0.3, -0.25) is 0 Å². The van der Waals surface area contributed by atoms with E-state index in [2.05, 4.69) is 10.3 Å². The quantitative estimate of drug-likeness (QED) is 0.895. The fourth-order valence-electron chi connectivity index (χ4n) is 1.72. The zero-order valence-electron chi connectivity index (χ0n) is 10.4. The van der Waals surface area contributed by atoms with Crippen LogP contribution in [0.2, 0.25) is 0 Å². The van der Waals surface area contributed by atoms with Crippen molar-refractivity contribution in [3.05, 3.63) is 53.7 Å². The maximum atomic E-state index is 12.6. The second-order valence-electron chi connectivity index (χ2n) is 3.96. The standard InChI is InChI=1S/C14H14F2N2O/c1-19-14-12(6-3-7-17-14)18-9-10-4-2-5-11(8-10)13(15)16/h2-8,13,18H,9H2,1H3. The molecule has 0 aliphatic carbocycles. The van der Waals surface area contributed by atoms with Gasteiger partial charge in [-0.25, -0.2) is 13.8 Å². The molecule has 3 nitrogen and oxygen atoms in total. The molecule has 1 aromatic carbocycles. The highest BCUT2D eigenvalue weighted by Crippen LogP contribution is 2.22. The Balaban J connectivity index is 2.08. The predicted molar refractivity (Wildman–Crippen MR) is 69.5 cm³/mol. The molecule has 0 fully saturated rings.